The fourth-order valence-electron chi connectivity index (χ4n) is 3.58. The van der Waals surface area contributed by atoms with Crippen molar-refractivity contribution in [2.24, 2.45) is 0 Å². The summed E-state index contributed by atoms with van der Waals surface area (Å²) < 4.78 is 5.57. The summed E-state index contributed by atoms with van der Waals surface area (Å²) in [4.78, 5) is 15.1. The number of nitrogens with zero attached hydrogens (tertiary/aromatic N) is 1. The molecule has 1 aliphatic heterocycles. The zero-order valence-corrected chi connectivity index (χ0v) is 14.8. The molecule has 3 heteroatoms. The molecular formula is C21H25NO2. The van der Waals surface area contributed by atoms with Crippen molar-refractivity contribution in [1.82, 2.24) is 4.90 Å². The molecule has 0 aliphatic carbocycles. The summed E-state index contributed by atoms with van der Waals surface area (Å²) in [6.45, 7) is 8.87. The lowest BCUT2D eigenvalue weighted by Gasteiger charge is -2.28. The molecule has 0 radical (unpaired) electrons. The van der Waals surface area contributed by atoms with Gasteiger partial charge in [-0.1, -0.05) is 24.3 Å². The highest BCUT2D eigenvalue weighted by Crippen LogP contribution is 2.24. The van der Waals surface area contributed by atoms with Crippen molar-refractivity contribution in [3.05, 3.63) is 64.2 Å². The molecule has 0 spiro atoms. The molecule has 3 nitrogen and oxygen atoms in total. The number of benzene rings is 2. The van der Waals surface area contributed by atoms with Gasteiger partial charge in [0.05, 0.1) is 13.2 Å². The molecule has 2 aromatic rings. The van der Waals surface area contributed by atoms with Gasteiger partial charge in [-0.05, 0) is 61.6 Å². The Morgan fingerprint density at radius 1 is 1.12 bits per heavy atom. The first-order valence-electron chi connectivity index (χ1n) is 8.65. The topological polar surface area (TPSA) is 29.5 Å². The molecule has 0 amide bonds. The Labute approximate surface area is 144 Å². The van der Waals surface area contributed by atoms with E-state index in [-0.39, 0.29) is 5.78 Å². The van der Waals surface area contributed by atoms with Crippen LogP contribution in [-0.2, 0) is 13.0 Å². The predicted molar refractivity (Wildman–Crippen MR) is 96.8 cm³/mol. The lowest BCUT2D eigenvalue weighted by atomic mass is 9.96. The van der Waals surface area contributed by atoms with Gasteiger partial charge >= 0.3 is 0 Å². The van der Waals surface area contributed by atoms with E-state index in [0.29, 0.717) is 13.2 Å². The van der Waals surface area contributed by atoms with E-state index in [1.807, 2.05) is 32.9 Å². The van der Waals surface area contributed by atoms with Crippen molar-refractivity contribution in [2.75, 3.05) is 19.7 Å². The Morgan fingerprint density at radius 3 is 2.46 bits per heavy atom. The van der Waals surface area contributed by atoms with Crippen LogP contribution in [0, 0.1) is 13.8 Å². The number of aryl methyl sites for hydroxylation is 2. The summed E-state index contributed by atoms with van der Waals surface area (Å²) >= 11 is 0. The summed E-state index contributed by atoms with van der Waals surface area (Å²) in [7, 11) is 0. The van der Waals surface area contributed by atoms with Gasteiger partial charge in [0.1, 0.15) is 5.75 Å². The minimum Gasteiger partial charge on any atom is -0.494 e. The maximum Gasteiger partial charge on any atom is 0.177 e. The quantitative estimate of drug-likeness (QED) is 0.781. The highest BCUT2D eigenvalue weighted by molar-refractivity contribution is 6.00. The van der Waals surface area contributed by atoms with Crippen molar-refractivity contribution < 1.29 is 9.53 Å². The molecule has 1 heterocycles. The summed E-state index contributed by atoms with van der Waals surface area (Å²) in [6.07, 6.45) is 1.02. The van der Waals surface area contributed by atoms with Crippen LogP contribution < -0.4 is 4.74 Å². The molecule has 3 rings (SSSR count). The van der Waals surface area contributed by atoms with Gasteiger partial charge in [-0.25, -0.2) is 0 Å². The van der Waals surface area contributed by atoms with Gasteiger partial charge in [-0.15, -0.1) is 0 Å². The van der Waals surface area contributed by atoms with Crippen LogP contribution in [0.4, 0.5) is 0 Å². The average molecular weight is 323 g/mol. The Morgan fingerprint density at radius 2 is 1.79 bits per heavy atom. The standard InChI is InChI=1S/C21H25NO2/c1-4-24-19-11-15(2)21(16(3)12-19)20(23)14-22-10-9-17-7-5-6-8-18(17)13-22/h5-8,11-12H,4,9-10,13-14H2,1-3H3. The van der Waals surface area contributed by atoms with Gasteiger partial charge in [-0.2, -0.15) is 0 Å². The maximum atomic E-state index is 12.9. The molecule has 1 aliphatic rings. The first-order chi connectivity index (χ1) is 11.6. The zero-order valence-electron chi connectivity index (χ0n) is 14.8. The molecule has 0 unspecified atom stereocenters. The smallest absolute Gasteiger partial charge is 0.177 e. The number of hydrogen-bond donors (Lipinski definition) is 0. The van der Waals surface area contributed by atoms with Gasteiger partial charge in [0.15, 0.2) is 5.78 Å². The molecule has 2 aromatic carbocycles. The van der Waals surface area contributed by atoms with Crippen molar-refractivity contribution in [3.63, 3.8) is 0 Å². The van der Waals surface area contributed by atoms with Gasteiger partial charge in [-0.3, -0.25) is 9.69 Å². The molecule has 126 valence electrons. The monoisotopic (exact) mass is 323 g/mol. The molecule has 0 aromatic heterocycles. The van der Waals surface area contributed by atoms with E-state index in [4.69, 9.17) is 4.74 Å². The number of ether oxygens (including phenoxy) is 1. The third kappa shape index (κ3) is 3.51. The molecule has 0 bridgehead atoms. The zero-order chi connectivity index (χ0) is 17.1. The summed E-state index contributed by atoms with van der Waals surface area (Å²) in [5, 5.41) is 0. The Bertz CT molecular complexity index is 728. The van der Waals surface area contributed by atoms with Gasteiger partial charge < -0.3 is 4.74 Å². The first-order valence-corrected chi connectivity index (χ1v) is 8.65. The number of hydrogen-bond acceptors (Lipinski definition) is 3. The fraction of sp³-hybridized carbons (Fsp3) is 0.381. The van der Waals surface area contributed by atoms with Crippen LogP contribution in [0.1, 0.15) is 39.5 Å². The van der Waals surface area contributed by atoms with E-state index in [0.717, 1.165) is 42.0 Å². The Kier molecular flexibility index (Phi) is 5.00. The predicted octanol–water partition coefficient (Wildman–Crippen LogP) is 3.94. The number of ketones is 1. The largest absolute Gasteiger partial charge is 0.494 e. The second-order valence-electron chi connectivity index (χ2n) is 6.52. The van der Waals surface area contributed by atoms with Crippen LogP contribution in [0.3, 0.4) is 0 Å². The second-order valence-corrected chi connectivity index (χ2v) is 6.52. The fourth-order valence-corrected chi connectivity index (χ4v) is 3.58. The Hall–Kier alpha value is -2.13. The molecule has 0 atom stereocenters. The van der Waals surface area contributed by atoms with Crippen LogP contribution >= 0.6 is 0 Å². The van der Waals surface area contributed by atoms with E-state index >= 15 is 0 Å². The maximum absolute atomic E-state index is 12.9. The number of carbonyl (C=O) groups is 1. The molecule has 0 saturated carbocycles. The van der Waals surface area contributed by atoms with Gasteiger partial charge in [0.2, 0.25) is 0 Å². The molecule has 0 saturated heterocycles. The van der Waals surface area contributed by atoms with E-state index in [1.165, 1.54) is 11.1 Å². The number of fused-ring (bicyclic) bond motifs is 1. The summed E-state index contributed by atoms with van der Waals surface area (Å²) in [5.41, 5.74) is 5.60. The van der Waals surface area contributed by atoms with E-state index < -0.39 is 0 Å². The minimum absolute atomic E-state index is 0.201. The summed E-state index contributed by atoms with van der Waals surface area (Å²) in [6, 6.07) is 12.5. The van der Waals surface area contributed by atoms with Crippen molar-refractivity contribution in [3.8, 4) is 5.75 Å². The van der Waals surface area contributed by atoms with Gasteiger partial charge in [0.25, 0.3) is 0 Å². The lowest BCUT2D eigenvalue weighted by molar-refractivity contribution is 0.0920. The van der Waals surface area contributed by atoms with Gasteiger partial charge in [0, 0.05) is 18.7 Å². The minimum atomic E-state index is 0.201. The highest BCUT2D eigenvalue weighted by atomic mass is 16.5. The first kappa shape index (κ1) is 16.7. The van der Waals surface area contributed by atoms with Crippen molar-refractivity contribution in [1.29, 1.82) is 0 Å². The van der Waals surface area contributed by atoms with Crippen molar-refractivity contribution >= 4 is 5.78 Å². The normalized spacial score (nSPS) is 14.3. The number of rotatable bonds is 5. The number of Topliss-reactive ketones (excluding diaryl/α,β-unsaturated/α-hetero) is 1. The van der Waals surface area contributed by atoms with Crippen LogP contribution in [0.15, 0.2) is 36.4 Å². The average Bonchev–Trinajstić information content (AvgIpc) is 2.54. The van der Waals surface area contributed by atoms with E-state index in [9.17, 15) is 4.79 Å². The van der Waals surface area contributed by atoms with Crippen LogP contribution in [0.2, 0.25) is 0 Å². The molecule has 0 fully saturated rings. The molecule has 24 heavy (non-hydrogen) atoms. The van der Waals surface area contributed by atoms with Crippen LogP contribution in [0.5, 0.6) is 5.75 Å². The van der Waals surface area contributed by atoms with Crippen LogP contribution in [0.25, 0.3) is 0 Å². The van der Waals surface area contributed by atoms with Crippen molar-refractivity contribution in [2.45, 2.75) is 33.7 Å². The summed E-state index contributed by atoms with van der Waals surface area (Å²) in [5.74, 6) is 1.04. The number of carbonyl (C=O) groups excluding carboxylic acids is 1. The second kappa shape index (κ2) is 7.18. The Balaban J connectivity index is 1.74. The third-order valence-corrected chi connectivity index (χ3v) is 4.67. The SMILES string of the molecule is CCOc1cc(C)c(C(=O)CN2CCc3ccccc3C2)c(C)c1. The molecular weight excluding hydrogens is 298 g/mol. The lowest BCUT2D eigenvalue weighted by Crippen LogP contribution is -2.35. The van der Waals surface area contributed by atoms with E-state index in [2.05, 4.69) is 29.2 Å². The molecule has 0 N–H and O–H groups in total. The third-order valence-electron chi connectivity index (χ3n) is 4.67. The van der Waals surface area contributed by atoms with E-state index in [1.54, 1.807) is 0 Å². The van der Waals surface area contributed by atoms with Crippen LogP contribution in [-0.4, -0.2) is 30.4 Å². The highest BCUT2D eigenvalue weighted by Gasteiger charge is 2.21.